The number of para-hydroxylation sites is 1. The Bertz CT molecular complexity index is 646. The Labute approximate surface area is 130 Å². The van der Waals surface area contributed by atoms with Gasteiger partial charge in [0.2, 0.25) is 0 Å². The molecule has 0 amide bonds. The standard InChI is InChI=1S/C15H13BrClNO2/c1-10-6-7-11(9-14(10)17)13(16)8-12-4-2-3-5-15(12)18(19)20/h2-7,9,13H,8H2,1H3. The maximum absolute atomic E-state index is 11.0. The number of aryl methyl sites for hydroxylation is 1. The van der Waals surface area contributed by atoms with Crippen molar-refractivity contribution in [1.82, 2.24) is 0 Å². The number of nitro benzene ring substituents is 1. The summed E-state index contributed by atoms with van der Waals surface area (Å²) in [6.45, 7) is 1.94. The third-order valence-electron chi connectivity index (χ3n) is 3.15. The highest BCUT2D eigenvalue weighted by Gasteiger charge is 2.17. The van der Waals surface area contributed by atoms with E-state index in [1.165, 1.54) is 6.07 Å². The van der Waals surface area contributed by atoms with Gasteiger partial charge in [-0.25, -0.2) is 0 Å². The molecule has 2 aromatic rings. The molecule has 0 saturated carbocycles. The van der Waals surface area contributed by atoms with Gasteiger partial charge in [0.05, 0.1) is 4.92 Å². The summed E-state index contributed by atoms with van der Waals surface area (Å²) in [6.07, 6.45) is 0.538. The van der Waals surface area contributed by atoms with Gasteiger partial charge < -0.3 is 0 Å². The van der Waals surface area contributed by atoms with Crippen molar-refractivity contribution in [3.8, 4) is 0 Å². The smallest absolute Gasteiger partial charge is 0.258 e. The number of halogens is 2. The Morgan fingerprint density at radius 3 is 2.65 bits per heavy atom. The van der Waals surface area contributed by atoms with Gasteiger partial charge in [0.1, 0.15) is 0 Å². The second kappa shape index (κ2) is 6.37. The van der Waals surface area contributed by atoms with Crippen LogP contribution < -0.4 is 0 Å². The summed E-state index contributed by atoms with van der Waals surface area (Å²) in [4.78, 5) is 10.6. The molecular formula is C15H13BrClNO2. The van der Waals surface area contributed by atoms with Crippen LogP contribution in [0.2, 0.25) is 5.02 Å². The zero-order chi connectivity index (χ0) is 14.7. The van der Waals surface area contributed by atoms with Crippen LogP contribution in [0.15, 0.2) is 42.5 Å². The zero-order valence-electron chi connectivity index (χ0n) is 10.8. The van der Waals surface area contributed by atoms with E-state index in [9.17, 15) is 10.1 Å². The van der Waals surface area contributed by atoms with Gasteiger partial charge in [-0.05, 0) is 30.5 Å². The van der Waals surface area contributed by atoms with Crippen LogP contribution in [0.5, 0.6) is 0 Å². The van der Waals surface area contributed by atoms with Crippen LogP contribution >= 0.6 is 27.5 Å². The highest BCUT2D eigenvalue weighted by molar-refractivity contribution is 9.09. The van der Waals surface area contributed by atoms with Crippen molar-refractivity contribution < 1.29 is 4.92 Å². The number of hydrogen-bond acceptors (Lipinski definition) is 2. The summed E-state index contributed by atoms with van der Waals surface area (Å²) in [5, 5.41) is 11.7. The average molecular weight is 355 g/mol. The molecule has 3 nitrogen and oxygen atoms in total. The van der Waals surface area contributed by atoms with Crippen LogP contribution in [0.1, 0.15) is 21.5 Å². The maximum Gasteiger partial charge on any atom is 0.272 e. The van der Waals surface area contributed by atoms with Crippen LogP contribution in [0.3, 0.4) is 0 Å². The van der Waals surface area contributed by atoms with Crippen LogP contribution in [-0.2, 0) is 6.42 Å². The van der Waals surface area contributed by atoms with Crippen LogP contribution in [0, 0.1) is 17.0 Å². The number of nitro groups is 1. The highest BCUT2D eigenvalue weighted by Crippen LogP contribution is 2.32. The van der Waals surface area contributed by atoms with E-state index < -0.39 is 0 Å². The normalized spacial score (nSPS) is 12.2. The molecule has 1 unspecified atom stereocenters. The zero-order valence-corrected chi connectivity index (χ0v) is 13.2. The van der Waals surface area contributed by atoms with E-state index >= 15 is 0 Å². The predicted octanol–water partition coefficient (Wildman–Crippen LogP) is 5.24. The van der Waals surface area contributed by atoms with E-state index in [2.05, 4.69) is 15.9 Å². The summed E-state index contributed by atoms with van der Waals surface area (Å²) in [6, 6.07) is 12.6. The average Bonchev–Trinajstić information content (AvgIpc) is 2.42. The van der Waals surface area contributed by atoms with Gasteiger partial charge >= 0.3 is 0 Å². The molecule has 0 heterocycles. The SMILES string of the molecule is Cc1ccc(C(Br)Cc2ccccc2[N+](=O)[O-])cc1Cl. The van der Waals surface area contributed by atoms with Crippen molar-refractivity contribution in [2.24, 2.45) is 0 Å². The van der Waals surface area contributed by atoms with Gasteiger partial charge in [-0.3, -0.25) is 10.1 Å². The van der Waals surface area contributed by atoms with Crippen molar-refractivity contribution in [2.75, 3.05) is 0 Å². The topological polar surface area (TPSA) is 43.1 Å². The Morgan fingerprint density at radius 2 is 2.00 bits per heavy atom. The van der Waals surface area contributed by atoms with Crippen LogP contribution in [-0.4, -0.2) is 4.92 Å². The lowest BCUT2D eigenvalue weighted by Gasteiger charge is -2.12. The molecule has 0 N–H and O–H groups in total. The second-order valence-corrected chi connectivity index (χ2v) is 6.08. The minimum atomic E-state index is -0.350. The first-order valence-corrected chi connectivity index (χ1v) is 7.41. The summed E-state index contributed by atoms with van der Waals surface area (Å²) in [7, 11) is 0. The molecule has 0 aromatic heterocycles. The number of alkyl halides is 1. The number of benzene rings is 2. The summed E-state index contributed by atoms with van der Waals surface area (Å²) in [5.41, 5.74) is 2.88. The minimum Gasteiger partial charge on any atom is -0.258 e. The third kappa shape index (κ3) is 3.38. The third-order valence-corrected chi connectivity index (χ3v) is 4.40. The lowest BCUT2D eigenvalue weighted by Crippen LogP contribution is -2.00. The molecule has 2 rings (SSSR count). The molecule has 2 aromatic carbocycles. The molecule has 20 heavy (non-hydrogen) atoms. The molecule has 0 saturated heterocycles. The Balaban J connectivity index is 2.25. The molecule has 0 fully saturated rings. The molecule has 0 bridgehead atoms. The van der Waals surface area contributed by atoms with Gasteiger partial charge in [0, 0.05) is 21.5 Å². The van der Waals surface area contributed by atoms with Crippen molar-refractivity contribution in [3.05, 3.63) is 74.3 Å². The van der Waals surface area contributed by atoms with Gasteiger partial charge in [-0.2, -0.15) is 0 Å². The molecule has 1 atom stereocenters. The molecule has 0 spiro atoms. The Kier molecular flexibility index (Phi) is 4.78. The van der Waals surface area contributed by atoms with Gasteiger partial charge in [0.25, 0.3) is 5.69 Å². The second-order valence-electron chi connectivity index (χ2n) is 4.57. The lowest BCUT2D eigenvalue weighted by atomic mass is 10.0. The number of rotatable bonds is 4. The van der Waals surface area contributed by atoms with E-state index in [0.29, 0.717) is 17.0 Å². The summed E-state index contributed by atoms with van der Waals surface area (Å²) >= 11 is 9.70. The van der Waals surface area contributed by atoms with Crippen molar-refractivity contribution in [3.63, 3.8) is 0 Å². The van der Waals surface area contributed by atoms with E-state index in [1.54, 1.807) is 12.1 Å². The maximum atomic E-state index is 11.0. The first-order chi connectivity index (χ1) is 9.49. The first kappa shape index (κ1) is 15.0. The van der Waals surface area contributed by atoms with E-state index in [1.807, 2.05) is 31.2 Å². The molecular weight excluding hydrogens is 342 g/mol. The molecule has 0 aliphatic rings. The molecule has 104 valence electrons. The van der Waals surface area contributed by atoms with E-state index in [-0.39, 0.29) is 15.4 Å². The largest absolute Gasteiger partial charge is 0.272 e. The quantitative estimate of drug-likeness (QED) is 0.428. The van der Waals surface area contributed by atoms with Gasteiger partial charge in [-0.15, -0.1) is 0 Å². The Hall–Kier alpha value is -1.39. The van der Waals surface area contributed by atoms with Gasteiger partial charge in [-0.1, -0.05) is 57.9 Å². The fourth-order valence-electron chi connectivity index (χ4n) is 1.98. The monoisotopic (exact) mass is 353 g/mol. The fourth-order valence-corrected chi connectivity index (χ4v) is 2.80. The van der Waals surface area contributed by atoms with E-state index in [4.69, 9.17) is 11.6 Å². The summed E-state index contributed by atoms with van der Waals surface area (Å²) < 4.78 is 0. The van der Waals surface area contributed by atoms with Crippen molar-refractivity contribution in [2.45, 2.75) is 18.2 Å². The molecule has 0 aliphatic carbocycles. The number of hydrogen-bond donors (Lipinski definition) is 0. The molecule has 5 heteroatoms. The highest BCUT2D eigenvalue weighted by atomic mass is 79.9. The fraction of sp³-hybridized carbons (Fsp3) is 0.200. The van der Waals surface area contributed by atoms with Crippen molar-refractivity contribution >= 4 is 33.2 Å². The lowest BCUT2D eigenvalue weighted by molar-refractivity contribution is -0.385. The van der Waals surface area contributed by atoms with Crippen LogP contribution in [0.4, 0.5) is 5.69 Å². The summed E-state index contributed by atoms with van der Waals surface area (Å²) in [5.74, 6) is 0. The number of nitrogens with zero attached hydrogens (tertiary/aromatic N) is 1. The predicted molar refractivity (Wildman–Crippen MR) is 84.7 cm³/mol. The van der Waals surface area contributed by atoms with Crippen LogP contribution in [0.25, 0.3) is 0 Å². The minimum absolute atomic E-state index is 0.0123. The Morgan fingerprint density at radius 1 is 1.30 bits per heavy atom. The van der Waals surface area contributed by atoms with E-state index in [0.717, 1.165) is 11.1 Å². The van der Waals surface area contributed by atoms with Crippen molar-refractivity contribution in [1.29, 1.82) is 0 Å². The van der Waals surface area contributed by atoms with Gasteiger partial charge in [0.15, 0.2) is 0 Å². The molecule has 0 radical (unpaired) electrons. The molecule has 0 aliphatic heterocycles. The first-order valence-electron chi connectivity index (χ1n) is 6.11.